The normalized spacial score (nSPS) is 21.6. The van der Waals surface area contributed by atoms with E-state index in [-0.39, 0.29) is 37.0 Å². The highest BCUT2D eigenvalue weighted by Gasteiger charge is 2.28. The molecule has 3 unspecified atom stereocenters. The van der Waals surface area contributed by atoms with Crippen molar-refractivity contribution in [2.45, 2.75) is 44.6 Å². The van der Waals surface area contributed by atoms with Gasteiger partial charge in [-0.15, -0.1) is 12.4 Å². The Labute approximate surface area is 142 Å². The quantitative estimate of drug-likeness (QED) is 0.612. The SMILES string of the molecule is CC(C)Oc1ccc(C(O)CNC(=O)C2CC(O)CN2)cc1.Cl. The molecule has 0 aromatic heterocycles. The summed E-state index contributed by atoms with van der Waals surface area (Å²) in [7, 11) is 0. The Balaban J connectivity index is 0.00000264. The van der Waals surface area contributed by atoms with Gasteiger partial charge in [0.05, 0.1) is 24.4 Å². The Morgan fingerprint density at radius 2 is 2.04 bits per heavy atom. The molecule has 1 aliphatic rings. The molecule has 1 aromatic carbocycles. The number of halogens is 1. The fourth-order valence-electron chi connectivity index (χ4n) is 2.40. The molecule has 1 saturated heterocycles. The first-order valence-corrected chi connectivity index (χ1v) is 7.59. The zero-order valence-corrected chi connectivity index (χ0v) is 14.2. The van der Waals surface area contributed by atoms with E-state index in [1.807, 2.05) is 13.8 Å². The van der Waals surface area contributed by atoms with Gasteiger partial charge in [0.2, 0.25) is 5.91 Å². The summed E-state index contributed by atoms with van der Waals surface area (Å²) in [5.74, 6) is 0.550. The average molecular weight is 345 g/mol. The van der Waals surface area contributed by atoms with E-state index in [0.29, 0.717) is 13.0 Å². The van der Waals surface area contributed by atoms with Crippen LogP contribution in [-0.2, 0) is 4.79 Å². The summed E-state index contributed by atoms with van der Waals surface area (Å²) in [6.07, 6.45) is -0.745. The number of aliphatic hydroxyl groups is 2. The molecule has 0 spiro atoms. The number of carbonyl (C=O) groups is 1. The maximum Gasteiger partial charge on any atom is 0.237 e. The molecule has 7 heteroatoms. The fourth-order valence-corrected chi connectivity index (χ4v) is 2.40. The lowest BCUT2D eigenvalue weighted by Gasteiger charge is -2.16. The molecule has 1 fully saturated rings. The van der Waals surface area contributed by atoms with Crippen LogP contribution in [0.5, 0.6) is 5.75 Å². The summed E-state index contributed by atoms with van der Waals surface area (Å²) in [6.45, 7) is 4.47. The summed E-state index contributed by atoms with van der Waals surface area (Å²) in [5.41, 5.74) is 0.718. The third kappa shape index (κ3) is 5.99. The molecule has 0 radical (unpaired) electrons. The van der Waals surface area contributed by atoms with Crippen molar-refractivity contribution in [3.63, 3.8) is 0 Å². The van der Waals surface area contributed by atoms with Crippen LogP contribution in [0.1, 0.15) is 31.9 Å². The summed E-state index contributed by atoms with van der Waals surface area (Å²) in [4.78, 5) is 11.9. The molecule has 1 aromatic rings. The highest BCUT2D eigenvalue weighted by Crippen LogP contribution is 2.18. The van der Waals surface area contributed by atoms with Gasteiger partial charge in [-0.3, -0.25) is 4.79 Å². The zero-order valence-electron chi connectivity index (χ0n) is 13.4. The summed E-state index contributed by atoms with van der Waals surface area (Å²) < 4.78 is 5.54. The Hall–Kier alpha value is -1.34. The lowest BCUT2D eigenvalue weighted by molar-refractivity contribution is -0.123. The Morgan fingerprint density at radius 3 is 2.57 bits per heavy atom. The number of β-amino-alcohol motifs (C(OH)–C–C–N with tert-alkyl or cyclic N) is 1. The van der Waals surface area contributed by atoms with Crippen LogP contribution in [0.2, 0.25) is 0 Å². The van der Waals surface area contributed by atoms with Crippen molar-refractivity contribution in [1.82, 2.24) is 10.6 Å². The lowest BCUT2D eigenvalue weighted by atomic mass is 10.1. The van der Waals surface area contributed by atoms with Crippen LogP contribution in [0.3, 0.4) is 0 Å². The average Bonchev–Trinajstić information content (AvgIpc) is 2.91. The number of rotatable bonds is 6. The molecule has 3 atom stereocenters. The monoisotopic (exact) mass is 344 g/mol. The first kappa shape index (κ1) is 19.7. The largest absolute Gasteiger partial charge is 0.491 e. The van der Waals surface area contributed by atoms with Gasteiger partial charge in [0.1, 0.15) is 5.75 Å². The third-order valence-electron chi connectivity index (χ3n) is 3.53. The fraction of sp³-hybridized carbons (Fsp3) is 0.562. The minimum atomic E-state index is -0.775. The predicted octanol–water partition coefficient (Wildman–Crippen LogP) is 0.768. The van der Waals surface area contributed by atoms with Crippen LogP contribution in [0.4, 0.5) is 0 Å². The molecule has 130 valence electrons. The van der Waals surface area contributed by atoms with Crippen LogP contribution in [0.15, 0.2) is 24.3 Å². The van der Waals surface area contributed by atoms with Gasteiger partial charge in [0.15, 0.2) is 0 Å². The summed E-state index contributed by atoms with van der Waals surface area (Å²) in [6, 6.07) is 6.78. The molecule has 1 amide bonds. The van der Waals surface area contributed by atoms with Crippen molar-refractivity contribution >= 4 is 18.3 Å². The number of carbonyl (C=O) groups excluding carboxylic acids is 1. The first-order chi connectivity index (χ1) is 10.5. The Bertz CT molecular complexity index is 495. The number of hydrogen-bond acceptors (Lipinski definition) is 5. The number of benzene rings is 1. The molecular weight excluding hydrogens is 320 g/mol. The maximum atomic E-state index is 11.9. The Kier molecular flexibility index (Phi) is 7.78. The summed E-state index contributed by atoms with van der Waals surface area (Å²) >= 11 is 0. The topological polar surface area (TPSA) is 90.8 Å². The molecule has 23 heavy (non-hydrogen) atoms. The molecule has 1 aliphatic heterocycles. The van der Waals surface area contributed by atoms with E-state index in [4.69, 9.17) is 4.74 Å². The van der Waals surface area contributed by atoms with Crippen LogP contribution in [0.25, 0.3) is 0 Å². The van der Waals surface area contributed by atoms with E-state index in [0.717, 1.165) is 11.3 Å². The zero-order chi connectivity index (χ0) is 16.1. The number of amides is 1. The summed E-state index contributed by atoms with van der Waals surface area (Å²) in [5, 5.41) is 25.1. The number of ether oxygens (including phenoxy) is 1. The van der Waals surface area contributed by atoms with Gasteiger partial charge in [0, 0.05) is 13.1 Å². The van der Waals surface area contributed by atoms with Gasteiger partial charge in [0.25, 0.3) is 0 Å². The van der Waals surface area contributed by atoms with E-state index in [9.17, 15) is 15.0 Å². The van der Waals surface area contributed by atoms with Gasteiger partial charge < -0.3 is 25.6 Å². The predicted molar refractivity (Wildman–Crippen MR) is 89.8 cm³/mol. The molecule has 4 N–H and O–H groups in total. The van der Waals surface area contributed by atoms with Crippen molar-refractivity contribution in [2.24, 2.45) is 0 Å². The van der Waals surface area contributed by atoms with E-state index >= 15 is 0 Å². The first-order valence-electron chi connectivity index (χ1n) is 7.59. The van der Waals surface area contributed by atoms with E-state index < -0.39 is 12.2 Å². The highest BCUT2D eigenvalue weighted by atomic mass is 35.5. The van der Waals surface area contributed by atoms with Crippen molar-refractivity contribution in [2.75, 3.05) is 13.1 Å². The molecule has 6 nitrogen and oxygen atoms in total. The molecule has 0 bridgehead atoms. The maximum absolute atomic E-state index is 11.9. The van der Waals surface area contributed by atoms with Crippen LogP contribution < -0.4 is 15.4 Å². The minimum absolute atomic E-state index is 0. The van der Waals surface area contributed by atoms with Crippen LogP contribution in [0, 0.1) is 0 Å². The van der Waals surface area contributed by atoms with Crippen molar-refractivity contribution < 1.29 is 19.7 Å². The second-order valence-corrected chi connectivity index (χ2v) is 5.85. The lowest BCUT2D eigenvalue weighted by Crippen LogP contribution is -2.41. The van der Waals surface area contributed by atoms with Crippen LogP contribution in [-0.4, -0.2) is 47.5 Å². The van der Waals surface area contributed by atoms with Crippen molar-refractivity contribution in [3.8, 4) is 5.75 Å². The minimum Gasteiger partial charge on any atom is -0.491 e. The van der Waals surface area contributed by atoms with Gasteiger partial charge in [-0.1, -0.05) is 12.1 Å². The van der Waals surface area contributed by atoms with Crippen LogP contribution >= 0.6 is 12.4 Å². The van der Waals surface area contributed by atoms with Crippen molar-refractivity contribution in [3.05, 3.63) is 29.8 Å². The highest BCUT2D eigenvalue weighted by molar-refractivity contribution is 5.85. The second kappa shape index (κ2) is 9.08. The van der Waals surface area contributed by atoms with E-state index in [2.05, 4.69) is 10.6 Å². The van der Waals surface area contributed by atoms with Gasteiger partial charge in [-0.05, 0) is 38.0 Å². The smallest absolute Gasteiger partial charge is 0.237 e. The molecule has 0 aliphatic carbocycles. The van der Waals surface area contributed by atoms with E-state index in [1.165, 1.54) is 0 Å². The van der Waals surface area contributed by atoms with Gasteiger partial charge in [-0.2, -0.15) is 0 Å². The second-order valence-electron chi connectivity index (χ2n) is 5.85. The molecule has 2 rings (SSSR count). The van der Waals surface area contributed by atoms with E-state index in [1.54, 1.807) is 24.3 Å². The van der Waals surface area contributed by atoms with Gasteiger partial charge in [-0.25, -0.2) is 0 Å². The Morgan fingerprint density at radius 1 is 1.39 bits per heavy atom. The number of nitrogens with one attached hydrogen (secondary N) is 2. The molecule has 0 saturated carbocycles. The standard InChI is InChI=1S/C16H24N2O4.ClH/c1-10(2)22-13-5-3-11(4-6-13)15(20)9-18-16(21)14-7-12(19)8-17-14;/h3-6,10,12,14-15,17,19-20H,7-9H2,1-2H3,(H,18,21);1H. The van der Waals surface area contributed by atoms with Crippen molar-refractivity contribution in [1.29, 1.82) is 0 Å². The number of hydrogen-bond donors (Lipinski definition) is 4. The third-order valence-corrected chi connectivity index (χ3v) is 3.53. The molecular formula is C16H25ClN2O4. The number of aliphatic hydroxyl groups excluding tert-OH is 2. The van der Waals surface area contributed by atoms with Gasteiger partial charge >= 0.3 is 0 Å². The molecule has 1 heterocycles.